The lowest BCUT2D eigenvalue weighted by Crippen LogP contribution is -2.19. The number of anilines is 2. The topological polar surface area (TPSA) is 102 Å². The first-order chi connectivity index (χ1) is 16.8. The smallest absolute Gasteiger partial charge is 0.350 e. The van der Waals surface area contributed by atoms with Crippen LogP contribution < -0.4 is 10.0 Å². The molecule has 0 unspecified atom stereocenters. The summed E-state index contributed by atoms with van der Waals surface area (Å²) < 4.78 is 33.2. The fraction of sp³-hybridized carbons (Fsp3) is 0.0769. The molecule has 7 nitrogen and oxygen atoms in total. The van der Waals surface area contributed by atoms with Crippen molar-refractivity contribution >= 4 is 44.6 Å². The number of ether oxygens (including phenoxy) is 1. The van der Waals surface area contributed by atoms with Gasteiger partial charge in [0.1, 0.15) is 4.88 Å². The van der Waals surface area contributed by atoms with Crippen LogP contribution in [0, 0.1) is 6.92 Å². The summed E-state index contributed by atoms with van der Waals surface area (Å²) in [6.45, 7) is 1.86. The highest BCUT2D eigenvalue weighted by atomic mass is 32.2. The molecule has 9 heteroatoms. The molecule has 35 heavy (non-hydrogen) atoms. The van der Waals surface area contributed by atoms with Crippen LogP contribution in [0.3, 0.4) is 0 Å². The maximum Gasteiger partial charge on any atom is 0.350 e. The highest BCUT2D eigenvalue weighted by Crippen LogP contribution is 2.36. The third kappa shape index (κ3) is 5.42. The van der Waals surface area contributed by atoms with Crippen LogP contribution in [0.2, 0.25) is 0 Å². The van der Waals surface area contributed by atoms with Crippen LogP contribution in [0.5, 0.6) is 0 Å². The van der Waals surface area contributed by atoms with E-state index in [2.05, 4.69) is 10.0 Å². The number of benzene rings is 3. The number of thiophene rings is 1. The van der Waals surface area contributed by atoms with Gasteiger partial charge in [0.15, 0.2) is 0 Å². The zero-order valence-electron chi connectivity index (χ0n) is 18.9. The van der Waals surface area contributed by atoms with E-state index in [1.165, 1.54) is 42.7 Å². The lowest BCUT2D eigenvalue weighted by atomic mass is 10.1. The van der Waals surface area contributed by atoms with Crippen molar-refractivity contribution in [3.63, 3.8) is 0 Å². The van der Waals surface area contributed by atoms with Crippen molar-refractivity contribution in [1.29, 1.82) is 0 Å². The molecule has 0 radical (unpaired) electrons. The summed E-state index contributed by atoms with van der Waals surface area (Å²) in [5, 5.41) is 2.74. The van der Waals surface area contributed by atoms with Gasteiger partial charge in [0.2, 0.25) is 0 Å². The third-order valence-electron chi connectivity index (χ3n) is 5.16. The molecule has 178 valence electrons. The van der Waals surface area contributed by atoms with Crippen LogP contribution >= 0.6 is 11.3 Å². The lowest BCUT2D eigenvalue weighted by molar-refractivity contribution is 0.0607. The number of para-hydroxylation sites is 1. The number of hydrogen-bond donors (Lipinski definition) is 2. The number of sulfonamides is 1. The zero-order chi connectivity index (χ0) is 25.0. The number of amides is 1. The maximum absolute atomic E-state index is 13.2. The minimum Gasteiger partial charge on any atom is -0.465 e. The Bertz CT molecular complexity index is 1480. The Morgan fingerprint density at radius 3 is 2.20 bits per heavy atom. The number of methoxy groups -OCH3 is 1. The van der Waals surface area contributed by atoms with Crippen molar-refractivity contribution in [2.45, 2.75) is 11.8 Å². The van der Waals surface area contributed by atoms with Crippen molar-refractivity contribution in [2.24, 2.45) is 0 Å². The lowest BCUT2D eigenvalue weighted by Gasteiger charge is -2.13. The fourth-order valence-electron chi connectivity index (χ4n) is 3.35. The number of carbonyl (C=O) groups is 2. The SMILES string of the molecule is COC(=O)c1sc(-c2ccccc2)cc1NC(=O)c1ccccc1NS(=O)(=O)c1ccc(C)cc1. The number of nitrogens with one attached hydrogen (secondary N) is 2. The van der Waals surface area contributed by atoms with Crippen LogP contribution in [0.1, 0.15) is 25.6 Å². The summed E-state index contributed by atoms with van der Waals surface area (Å²) >= 11 is 1.19. The Kier molecular flexibility index (Phi) is 6.99. The van der Waals surface area contributed by atoms with Gasteiger partial charge in [0.05, 0.1) is 28.9 Å². The molecule has 1 aromatic heterocycles. The maximum atomic E-state index is 13.2. The van der Waals surface area contributed by atoms with Gasteiger partial charge in [0, 0.05) is 4.88 Å². The Hall–Kier alpha value is -3.95. The summed E-state index contributed by atoms with van der Waals surface area (Å²) in [7, 11) is -2.65. The molecule has 0 spiro atoms. The second kappa shape index (κ2) is 10.1. The van der Waals surface area contributed by atoms with Gasteiger partial charge in [-0.15, -0.1) is 11.3 Å². The molecule has 0 aliphatic carbocycles. The van der Waals surface area contributed by atoms with Crippen LogP contribution in [-0.4, -0.2) is 27.4 Å². The Morgan fingerprint density at radius 1 is 0.857 bits per heavy atom. The number of esters is 1. The second-order valence-electron chi connectivity index (χ2n) is 7.63. The van der Waals surface area contributed by atoms with Crippen molar-refractivity contribution in [2.75, 3.05) is 17.1 Å². The average molecular weight is 507 g/mol. The normalized spacial score (nSPS) is 11.0. The van der Waals surface area contributed by atoms with Gasteiger partial charge < -0.3 is 10.1 Å². The van der Waals surface area contributed by atoms with E-state index in [0.29, 0.717) is 0 Å². The predicted octanol–water partition coefficient (Wildman–Crippen LogP) is 5.56. The third-order valence-corrected chi connectivity index (χ3v) is 7.70. The Labute approximate surface area is 207 Å². The molecule has 4 rings (SSSR count). The molecule has 4 aromatic rings. The molecule has 0 aliphatic heterocycles. The summed E-state index contributed by atoms with van der Waals surface area (Å²) in [6, 6.07) is 23.8. The van der Waals surface area contributed by atoms with Gasteiger partial charge >= 0.3 is 5.97 Å². The highest BCUT2D eigenvalue weighted by Gasteiger charge is 2.22. The first-order valence-corrected chi connectivity index (χ1v) is 12.9. The van der Waals surface area contributed by atoms with Gasteiger partial charge in [-0.05, 0) is 42.8 Å². The van der Waals surface area contributed by atoms with Gasteiger partial charge in [0.25, 0.3) is 15.9 Å². The first-order valence-electron chi connectivity index (χ1n) is 10.6. The van der Waals surface area contributed by atoms with Crippen LogP contribution in [0.25, 0.3) is 10.4 Å². The molecule has 0 fully saturated rings. The molecular formula is C26H22N2O5S2. The van der Waals surface area contributed by atoms with E-state index in [9.17, 15) is 18.0 Å². The van der Waals surface area contributed by atoms with Gasteiger partial charge in [-0.2, -0.15) is 0 Å². The van der Waals surface area contributed by atoms with Crippen molar-refractivity contribution in [3.8, 4) is 10.4 Å². The number of aryl methyl sites for hydroxylation is 1. The van der Waals surface area contributed by atoms with E-state index < -0.39 is 21.9 Å². The molecule has 0 saturated heterocycles. The molecule has 0 atom stereocenters. The van der Waals surface area contributed by atoms with Gasteiger partial charge in [-0.25, -0.2) is 13.2 Å². The van der Waals surface area contributed by atoms with Crippen LogP contribution in [0.15, 0.2) is 89.8 Å². The Balaban J connectivity index is 1.65. The zero-order valence-corrected chi connectivity index (χ0v) is 20.6. The van der Waals surface area contributed by atoms with Gasteiger partial charge in [-0.3, -0.25) is 9.52 Å². The molecular weight excluding hydrogens is 484 g/mol. The minimum absolute atomic E-state index is 0.0802. The molecule has 2 N–H and O–H groups in total. The van der Waals surface area contributed by atoms with Crippen molar-refractivity contribution < 1.29 is 22.7 Å². The summed E-state index contributed by atoms with van der Waals surface area (Å²) in [5.74, 6) is -1.16. The van der Waals surface area contributed by atoms with Crippen LogP contribution in [-0.2, 0) is 14.8 Å². The number of carbonyl (C=O) groups excluding carboxylic acids is 2. The van der Waals surface area contributed by atoms with E-state index in [4.69, 9.17) is 4.74 Å². The van der Waals surface area contributed by atoms with Crippen molar-refractivity contribution in [1.82, 2.24) is 0 Å². The largest absolute Gasteiger partial charge is 0.465 e. The van der Waals surface area contributed by atoms with E-state index >= 15 is 0 Å². The standard InChI is InChI=1S/C26H22N2O5S2/c1-17-12-14-19(15-13-17)35(31,32)28-21-11-7-6-10-20(21)25(29)27-22-16-23(18-8-4-3-5-9-18)34-24(22)26(30)33-2/h3-16,28H,1-2H3,(H,27,29). The quantitative estimate of drug-likeness (QED) is 0.320. The molecule has 1 amide bonds. The minimum atomic E-state index is -3.92. The van der Waals surface area contributed by atoms with E-state index in [1.807, 2.05) is 37.3 Å². The summed E-state index contributed by atoms with van der Waals surface area (Å²) in [4.78, 5) is 26.7. The summed E-state index contributed by atoms with van der Waals surface area (Å²) in [6.07, 6.45) is 0. The predicted molar refractivity (Wildman–Crippen MR) is 137 cm³/mol. The molecule has 1 heterocycles. The van der Waals surface area contributed by atoms with E-state index in [-0.39, 0.29) is 26.7 Å². The highest BCUT2D eigenvalue weighted by molar-refractivity contribution is 7.92. The molecule has 0 bridgehead atoms. The number of hydrogen-bond acceptors (Lipinski definition) is 6. The van der Waals surface area contributed by atoms with Crippen molar-refractivity contribution in [3.05, 3.63) is 101 Å². The fourth-order valence-corrected chi connectivity index (χ4v) is 5.47. The van der Waals surface area contributed by atoms with Crippen LogP contribution in [0.4, 0.5) is 11.4 Å². The monoisotopic (exact) mass is 506 g/mol. The van der Waals surface area contributed by atoms with E-state index in [0.717, 1.165) is 16.0 Å². The average Bonchev–Trinajstić information content (AvgIpc) is 3.28. The number of rotatable bonds is 7. The second-order valence-corrected chi connectivity index (χ2v) is 10.4. The molecule has 0 saturated carbocycles. The molecule has 0 aliphatic rings. The molecule has 3 aromatic carbocycles. The van der Waals surface area contributed by atoms with Gasteiger partial charge in [-0.1, -0.05) is 60.2 Å². The van der Waals surface area contributed by atoms with E-state index in [1.54, 1.807) is 30.3 Å². The summed E-state index contributed by atoms with van der Waals surface area (Å²) in [5.41, 5.74) is 2.31. The first kappa shape index (κ1) is 24.2. The Morgan fingerprint density at radius 2 is 1.51 bits per heavy atom.